The van der Waals surface area contributed by atoms with Crippen molar-refractivity contribution in [3.8, 4) is 0 Å². The molecule has 0 amide bonds. The van der Waals surface area contributed by atoms with Gasteiger partial charge in [0, 0.05) is 13.7 Å². The van der Waals surface area contributed by atoms with E-state index in [0.29, 0.717) is 13.2 Å². The van der Waals surface area contributed by atoms with Crippen molar-refractivity contribution in [2.24, 2.45) is 0 Å². The standard InChI is InChI=1S/C8H17NO3/c1-11-4-2-3-9-7-5-12-6-8(7)10/h7-10H,2-6H2,1H3/t7-,8-/m0/s1. The zero-order valence-electron chi connectivity index (χ0n) is 7.45. The molecule has 4 nitrogen and oxygen atoms in total. The first-order valence-electron chi connectivity index (χ1n) is 4.32. The molecule has 1 rings (SSSR count). The molecule has 0 aliphatic carbocycles. The van der Waals surface area contributed by atoms with Gasteiger partial charge >= 0.3 is 0 Å². The maximum absolute atomic E-state index is 9.33. The highest BCUT2D eigenvalue weighted by molar-refractivity contribution is 4.80. The molecule has 0 aromatic heterocycles. The fourth-order valence-electron chi connectivity index (χ4n) is 1.24. The smallest absolute Gasteiger partial charge is 0.0948 e. The summed E-state index contributed by atoms with van der Waals surface area (Å²) in [4.78, 5) is 0. The van der Waals surface area contributed by atoms with E-state index >= 15 is 0 Å². The monoisotopic (exact) mass is 175 g/mol. The highest BCUT2D eigenvalue weighted by Gasteiger charge is 2.24. The van der Waals surface area contributed by atoms with Crippen molar-refractivity contribution in [1.29, 1.82) is 0 Å². The van der Waals surface area contributed by atoms with Gasteiger partial charge in [0.25, 0.3) is 0 Å². The third-order valence-corrected chi connectivity index (χ3v) is 1.98. The molecule has 0 bridgehead atoms. The molecule has 2 N–H and O–H groups in total. The van der Waals surface area contributed by atoms with Gasteiger partial charge in [-0.05, 0) is 13.0 Å². The summed E-state index contributed by atoms with van der Waals surface area (Å²) in [5.74, 6) is 0. The molecular formula is C8H17NO3. The lowest BCUT2D eigenvalue weighted by Gasteiger charge is -2.13. The second-order valence-electron chi connectivity index (χ2n) is 3.01. The van der Waals surface area contributed by atoms with Crippen LogP contribution in [0.5, 0.6) is 0 Å². The van der Waals surface area contributed by atoms with Crippen LogP contribution in [0.3, 0.4) is 0 Å². The number of ether oxygens (including phenoxy) is 2. The molecule has 1 fully saturated rings. The highest BCUT2D eigenvalue weighted by Crippen LogP contribution is 2.04. The van der Waals surface area contributed by atoms with E-state index in [-0.39, 0.29) is 12.1 Å². The van der Waals surface area contributed by atoms with Crippen LogP contribution >= 0.6 is 0 Å². The van der Waals surface area contributed by atoms with Crippen molar-refractivity contribution in [2.45, 2.75) is 18.6 Å². The largest absolute Gasteiger partial charge is 0.389 e. The van der Waals surface area contributed by atoms with Gasteiger partial charge in [-0.25, -0.2) is 0 Å². The summed E-state index contributed by atoms with van der Waals surface area (Å²) < 4.78 is 9.98. The Morgan fingerprint density at radius 3 is 3.00 bits per heavy atom. The van der Waals surface area contributed by atoms with Crippen molar-refractivity contribution >= 4 is 0 Å². The molecule has 0 spiro atoms. The van der Waals surface area contributed by atoms with E-state index < -0.39 is 0 Å². The molecule has 0 saturated carbocycles. The van der Waals surface area contributed by atoms with Crippen LogP contribution in [-0.4, -0.2) is 50.7 Å². The summed E-state index contributed by atoms with van der Waals surface area (Å²) >= 11 is 0. The fraction of sp³-hybridized carbons (Fsp3) is 1.00. The zero-order chi connectivity index (χ0) is 8.81. The summed E-state index contributed by atoms with van der Waals surface area (Å²) in [6.07, 6.45) is 0.632. The average molecular weight is 175 g/mol. The molecule has 1 aliphatic rings. The third kappa shape index (κ3) is 3.06. The molecule has 1 saturated heterocycles. The fourth-order valence-corrected chi connectivity index (χ4v) is 1.24. The van der Waals surface area contributed by atoms with Crippen LogP contribution in [-0.2, 0) is 9.47 Å². The van der Waals surface area contributed by atoms with Crippen molar-refractivity contribution in [3.63, 3.8) is 0 Å². The topological polar surface area (TPSA) is 50.7 Å². The molecule has 72 valence electrons. The Labute approximate surface area is 72.9 Å². The molecule has 2 atom stereocenters. The van der Waals surface area contributed by atoms with Crippen molar-refractivity contribution in [2.75, 3.05) is 33.5 Å². The second-order valence-corrected chi connectivity index (χ2v) is 3.01. The minimum absolute atomic E-state index is 0.113. The Kier molecular flexibility index (Phi) is 4.53. The molecule has 0 unspecified atom stereocenters. The first-order chi connectivity index (χ1) is 5.84. The predicted molar refractivity (Wildman–Crippen MR) is 45.1 cm³/mol. The Balaban J connectivity index is 1.98. The lowest BCUT2D eigenvalue weighted by Crippen LogP contribution is -2.39. The SMILES string of the molecule is COCCCN[C@H]1COC[C@@H]1O. The summed E-state index contributed by atoms with van der Waals surface area (Å²) in [7, 11) is 1.69. The van der Waals surface area contributed by atoms with Crippen LogP contribution in [0.4, 0.5) is 0 Å². The Bertz CT molecular complexity index is 121. The van der Waals surface area contributed by atoms with Gasteiger partial charge in [0.05, 0.1) is 25.4 Å². The van der Waals surface area contributed by atoms with E-state index in [1.54, 1.807) is 7.11 Å². The van der Waals surface area contributed by atoms with E-state index in [2.05, 4.69) is 5.32 Å². The van der Waals surface area contributed by atoms with Gasteiger partial charge in [0.1, 0.15) is 0 Å². The molecule has 4 heteroatoms. The maximum atomic E-state index is 9.33. The number of rotatable bonds is 5. The van der Waals surface area contributed by atoms with Crippen LogP contribution < -0.4 is 5.32 Å². The molecular weight excluding hydrogens is 158 g/mol. The van der Waals surface area contributed by atoms with Gasteiger partial charge in [-0.15, -0.1) is 0 Å². The Morgan fingerprint density at radius 1 is 1.58 bits per heavy atom. The van der Waals surface area contributed by atoms with Crippen LogP contribution in [0.1, 0.15) is 6.42 Å². The van der Waals surface area contributed by atoms with E-state index in [0.717, 1.165) is 19.6 Å². The van der Waals surface area contributed by atoms with Gasteiger partial charge in [-0.2, -0.15) is 0 Å². The average Bonchev–Trinajstić information content (AvgIpc) is 2.46. The summed E-state index contributed by atoms with van der Waals surface area (Å²) in [5.41, 5.74) is 0. The van der Waals surface area contributed by atoms with Gasteiger partial charge in [0.15, 0.2) is 0 Å². The van der Waals surface area contributed by atoms with E-state index in [9.17, 15) is 5.11 Å². The van der Waals surface area contributed by atoms with Crippen LogP contribution in [0.25, 0.3) is 0 Å². The minimum atomic E-state index is -0.340. The molecule has 1 heterocycles. The molecule has 0 aromatic carbocycles. The van der Waals surface area contributed by atoms with E-state index in [4.69, 9.17) is 9.47 Å². The highest BCUT2D eigenvalue weighted by atomic mass is 16.5. The number of hydrogen-bond acceptors (Lipinski definition) is 4. The van der Waals surface area contributed by atoms with Crippen LogP contribution in [0.2, 0.25) is 0 Å². The van der Waals surface area contributed by atoms with Gasteiger partial charge in [-0.1, -0.05) is 0 Å². The van der Waals surface area contributed by atoms with Crippen molar-refractivity contribution in [3.05, 3.63) is 0 Å². The molecule has 12 heavy (non-hydrogen) atoms. The van der Waals surface area contributed by atoms with Gasteiger partial charge in [-0.3, -0.25) is 0 Å². The normalized spacial score (nSPS) is 29.5. The quantitative estimate of drug-likeness (QED) is 0.546. The van der Waals surface area contributed by atoms with Gasteiger partial charge < -0.3 is 19.9 Å². The summed E-state index contributed by atoms with van der Waals surface area (Å²) in [6.45, 7) is 2.71. The van der Waals surface area contributed by atoms with Gasteiger partial charge in [0.2, 0.25) is 0 Å². The first-order valence-corrected chi connectivity index (χ1v) is 4.32. The minimum Gasteiger partial charge on any atom is -0.389 e. The Morgan fingerprint density at radius 2 is 2.42 bits per heavy atom. The molecule has 0 aromatic rings. The van der Waals surface area contributed by atoms with Crippen LogP contribution in [0.15, 0.2) is 0 Å². The first kappa shape index (κ1) is 9.92. The number of hydrogen-bond donors (Lipinski definition) is 2. The maximum Gasteiger partial charge on any atom is 0.0948 e. The van der Waals surface area contributed by atoms with E-state index in [1.165, 1.54) is 0 Å². The van der Waals surface area contributed by atoms with Crippen LogP contribution in [0, 0.1) is 0 Å². The predicted octanol–water partition coefficient (Wildman–Crippen LogP) is -0.628. The van der Waals surface area contributed by atoms with Crippen molar-refractivity contribution < 1.29 is 14.6 Å². The zero-order valence-corrected chi connectivity index (χ0v) is 7.45. The molecule has 0 radical (unpaired) electrons. The number of methoxy groups -OCH3 is 1. The number of aliphatic hydroxyl groups excluding tert-OH is 1. The lowest BCUT2D eigenvalue weighted by molar-refractivity contribution is 0.122. The Hall–Kier alpha value is -0.160. The summed E-state index contributed by atoms with van der Waals surface area (Å²) in [6, 6.07) is 0.113. The third-order valence-electron chi connectivity index (χ3n) is 1.98. The number of nitrogens with one attached hydrogen (secondary N) is 1. The number of aliphatic hydroxyl groups is 1. The molecule has 1 aliphatic heterocycles. The summed E-state index contributed by atoms with van der Waals surface area (Å²) in [5, 5.41) is 12.5. The second kappa shape index (κ2) is 5.48. The lowest BCUT2D eigenvalue weighted by atomic mass is 10.2. The van der Waals surface area contributed by atoms with E-state index in [1.807, 2.05) is 0 Å². The van der Waals surface area contributed by atoms with Crippen molar-refractivity contribution in [1.82, 2.24) is 5.32 Å².